The molecule has 0 saturated heterocycles. The van der Waals surface area contributed by atoms with Crippen molar-refractivity contribution in [2.75, 3.05) is 5.73 Å². The monoisotopic (exact) mass is 361 g/mol. The summed E-state index contributed by atoms with van der Waals surface area (Å²) in [6.07, 6.45) is -2.62. The first kappa shape index (κ1) is 13.1. The van der Waals surface area contributed by atoms with Crippen molar-refractivity contribution in [3.05, 3.63) is 51.6 Å². The standard InChI is InChI=1S/C13H10F2INO/c14-13(15)11-7-9(17)3-6-12(11)18-10-4-1-8(16)2-5-10/h1-7,13H,17H2. The van der Waals surface area contributed by atoms with Crippen LogP contribution >= 0.6 is 22.6 Å². The number of halogens is 3. The molecule has 0 aliphatic rings. The van der Waals surface area contributed by atoms with E-state index in [0.29, 0.717) is 11.4 Å². The van der Waals surface area contributed by atoms with Crippen molar-refractivity contribution in [1.29, 1.82) is 0 Å². The second-order valence-corrected chi connectivity index (χ2v) is 4.90. The van der Waals surface area contributed by atoms with E-state index in [-0.39, 0.29) is 11.3 Å². The summed E-state index contributed by atoms with van der Waals surface area (Å²) in [5.74, 6) is 0.641. The maximum Gasteiger partial charge on any atom is 0.267 e. The van der Waals surface area contributed by atoms with Gasteiger partial charge in [0.2, 0.25) is 0 Å². The lowest BCUT2D eigenvalue weighted by Gasteiger charge is -2.11. The first-order valence-corrected chi connectivity index (χ1v) is 6.25. The number of ether oxygens (including phenoxy) is 1. The Bertz CT molecular complexity index is 543. The zero-order valence-corrected chi connectivity index (χ0v) is 11.4. The van der Waals surface area contributed by atoms with E-state index in [4.69, 9.17) is 10.5 Å². The van der Waals surface area contributed by atoms with Gasteiger partial charge in [-0.2, -0.15) is 0 Å². The Labute approximate surface area is 117 Å². The van der Waals surface area contributed by atoms with Crippen LogP contribution < -0.4 is 10.5 Å². The van der Waals surface area contributed by atoms with Gasteiger partial charge in [0, 0.05) is 9.26 Å². The molecule has 0 aromatic heterocycles. The van der Waals surface area contributed by atoms with Crippen LogP contribution in [-0.2, 0) is 0 Å². The highest BCUT2D eigenvalue weighted by molar-refractivity contribution is 14.1. The summed E-state index contributed by atoms with van der Waals surface area (Å²) in [6.45, 7) is 0. The van der Waals surface area contributed by atoms with E-state index >= 15 is 0 Å². The summed E-state index contributed by atoms with van der Waals surface area (Å²) in [5.41, 5.74) is 5.58. The lowest BCUT2D eigenvalue weighted by Crippen LogP contribution is -1.95. The van der Waals surface area contributed by atoms with Crippen LogP contribution in [0.25, 0.3) is 0 Å². The van der Waals surface area contributed by atoms with Gasteiger partial charge in [0.15, 0.2) is 0 Å². The van der Waals surface area contributed by atoms with Gasteiger partial charge in [-0.15, -0.1) is 0 Å². The molecule has 0 aliphatic carbocycles. The molecule has 2 aromatic carbocycles. The Morgan fingerprint density at radius 2 is 1.72 bits per heavy atom. The Balaban J connectivity index is 2.31. The van der Waals surface area contributed by atoms with Crippen LogP contribution in [0.2, 0.25) is 0 Å². The third kappa shape index (κ3) is 3.10. The maximum atomic E-state index is 12.8. The van der Waals surface area contributed by atoms with Gasteiger partial charge >= 0.3 is 0 Å². The number of benzene rings is 2. The molecule has 0 bridgehead atoms. The van der Waals surface area contributed by atoms with Crippen molar-refractivity contribution >= 4 is 28.3 Å². The predicted octanol–water partition coefficient (Wildman–Crippen LogP) is 4.60. The third-order valence-corrected chi connectivity index (χ3v) is 3.03. The fourth-order valence-electron chi connectivity index (χ4n) is 1.46. The second-order valence-electron chi connectivity index (χ2n) is 3.65. The zero-order valence-electron chi connectivity index (χ0n) is 9.24. The topological polar surface area (TPSA) is 35.2 Å². The van der Waals surface area contributed by atoms with E-state index in [1.807, 2.05) is 12.1 Å². The Morgan fingerprint density at radius 1 is 1.06 bits per heavy atom. The molecular weight excluding hydrogens is 351 g/mol. The molecule has 0 spiro atoms. The van der Waals surface area contributed by atoms with E-state index in [0.717, 1.165) is 3.57 Å². The SMILES string of the molecule is Nc1ccc(Oc2ccc(I)cc2)c(C(F)F)c1. The Kier molecular flexibility index (Phi) is 4.00. The number of nitrogen functional groups attached to an aromatic ring is 1. The number of hydrogen-bond donors (Lipinski definition) is 1. The van der Waals surface area contributed by atoms with Gasteiger partial charge in [0.05, 0.1) is 5.56 Å². The molecule has 0 aliphatic heterocycles. The summed E-state index contributed by atoms with van der Waals surface area (Å²) in [5, 5.41) is 0. The lowest BCUT2D eigenvalue weighted by atomic mass is 10.2. The molecule has 18 heavy (non-hydrogen) atoms. The fraction of sp³-hybridized carbons (Fsp3) is 0.0769. The molecule has 0 atom stereocenters. The molecule has 2 rings (SSSR count). The van der Waals surface area contributed by atoms with Crippen molar-refractivity contribution in [3.8, 4) is 11.5 Å². The molecule has 2 aromatic rings. The fourth-order valence-corrected chi connectivity index (χ4v) is 1.82. The van der Waals surface area contributed by atoms with E-state index < -0.39 is 6.43 Å². The van der Waals surface area contributed by atoms with Crippen LogP contribution in [0.3, 0.4) is 0 Å². The Hall–Kier alpha value is -1.37. The van der Waals surface area contributed by atoms with E-state index in [1.54, 1.807) is 12.1 Å². The minimum atomic E-state index is -2.62. The minimum absolute atomic E-state index is 0.125. The van der Waals surface area contributed by atoms with Crippen LogP contribution in [0.15, 0.2) is 42.5 Å². The molecule has 5 heteroatoms. The van der Waals surface area contributed by atoms with Crippen LogP contribution in [0.4, 0.5) is 14.5 Å². The van der Waals surface area contributed by atoms with Crippen molar-refractivity contribution in [1.82, 2.24) is 0 Å². The van der Waals surface area contributed by atoms with Gasteiger partial charge in [-0.3, -0.25) is 0 Å². The molecule has 2 nitrogen and oxygen atoms in total. The molecule has 0 unspecified atom stereocenters. The summed E-state index contributed by atoms with van der Waals surface area (Å²) < 4.78 is 32.2. The highest BCUT2D eigenvalue weighted by Gasteiger charge is 2.15. The highest BCUT2D eigenvalue weighted by Crippen LogP contribution is 2.33. The summed E-state index contributed by atoms with van der Waals surface area (Å²) in [4.78, 5) is 0. The molecule has 94 valence electrons. The van der Waals surface area contributed by atoms with Gasteiger partial charge < -0.3 is 10.5 Å². The zero-order chi connectivity index (χ0) is 13.1. The predicted molar refractivity (Wildman–Crippen MR) is 75.0 cm³/mol. The number of rotatable bonds is 3. The van der Waals surface area contributed by atoms with Crippen LogP contribution in [-0.4, -0.2) is 0 Å². The summed E-state index contributed by atoms with van der Waals surface area (Å²) >= 11 is 2.16. The van der Waals surface area contributed by atoms with Gasteiger partial charge in [-0.25, -0.2) is 8.78 Å². The number of alkyl halides is 2. The molecule has 0 radical (unpaired) electrons. The normalized spacial score (nSPS) is 10.7. The van der Waals surface area contributed by atoms with Gasteiger partial charge in [-0.05, 0) is 65.1 Å². The van der Waals surface area contributed by atoms with Crippen molar-refractivity contribution in [2.45, 2.75) is 6.43 Å². The van der Waals surface area contributed by atoms with Crippen LogP contribution in [0.5, 0.6) is 11.5 Å². The van der Waals surface area contributed by atoms with Crippen LogP contribution in [0.1, 0.15) is 12.0 Å². The molecule has 2 N–H and O–H groups in total. The lowest BCUT2D eigenvalue weighted by molar-refractivity contribution is 0.148. The molecule has 0 amide bonds. The number of hydrogen-bond acceptors (Lipinski definition) is 2. The molecule has 0 heterocycles. The third-order valence-electron chi connectivity index (χ3n) is 2.31. The molecular formula is C13H10F2INO. The highest BCUT2D eigenvalue weighted by atomic mass is 127. The maximum absolute atomic E-state index is 12.8. The second kappa shape index (κ2) is 5.51. The molecule has 0 saturated carbocycles. The number of anilines is 1. The molecule has 0 fully saturated rings. The van der Waals surface area contributed by atoms with Crippen molar-refractivity contribution in [2.24, 2.45) is 0 Å². The number of nitrogens with two attached hydrogens (primary N) is 1. The minimum Gasteiger partial charge on any atom is -0.457 e. The average Bonchev–Trinajstić information content (AvgIpc) is 2.34. The Morgan fingerprint density at radius 3 is 2.33 bits per heavy atom. The average molecular weight is 361 g/mol. The van der Waals surface area contributed by atoms with E-state index in [1.165, 1.54) is 18.2 Å². The first-order valence-electron chi connectivity index (χ1n) is 5.17. The van der Waals surface area contributed by atoms with E-state index in [9.17, 15) is 8.78 Å². The summed E-state index contributed by atoms with van der Waals surface area (Å²) in [6, 6.07) is 11.4. The largest absolute Gasteiger partial charge is 0.457 e. The quantitative estimate of drug-likeness (QED) is 0.641. The van der Waals surface area contributed by atoms with E-state index in [2.05, 4.69) is 22.6 Å². The van der Waals surface area contributed by atoms with Gasteiger partial charge in [-0.1, -0.05) is 0 Å². The van der Waals surface area contributed by atoms with Crippen molar-refractivity contribution in [3.63, 3.8) is 0 Å². The van der Waals surface area contributed by atoms with Crippen molar-refractivity contribution < 1.29 is 13.5 Å². The first-order chi connectivity index (χ1) is 8.56. The smallest absolute Gasteiger partial charge is 0.267 e. The van der Waals surface area contributed by atoms with Crippen LogP contribution in [0, 0.1) is 3.57 Å². The van der Waals surface area contributed by atoms with Gasteiger partial charge in [0.1, 0.15) is 11.5 Å². The van der Waals surface area contributed by atoms with Gasteiger partial charge in [0.25, 0.3) is 6.43 Å². The summed E-state index contributed by atoms with van der Waals surface area (Å²) in [7, 11) is 0.